The summed E-state index contributed by atoms with van der Waals surface area (Å²) >= 11 is 0. The number of likely N-dealkylation sites (tertiary alicyclic amines) is 1. The molecule has 4 nitrogen and oxygen atoms in total. The Balaban J connectivity index is 0.00000147. The summed E-state index contributed by atoms with van der Waals surface area (Å²) in [5.41, 5.74) is 3.44. The maximum Gasteiger partial charge on any atom is 0.267 e. The number of aromatic amines is 1. The molecule has 3 rings (SSSR count). The fraction of sp³-hybridized carbons (Fsp3) is 0.733. The summed E-state index contributed by atoms with van der Waals surface area (Å²) in [7, 11) is 0. The molecule has 1 aliphatic carbocycles. The summed E-state index contributed by atoms with van der Waals surface area (Å²) in [6, 6.07) is 0. The molecule has 1 fully saturated rings. The smallest absolute Gasteiger partial charge is 0.267 e. The molecule has 1 aliphatic heterocycles. The van der Waals surface area contributed by atoms with Gasteiger partial charge in [-0.1, -0.05) is 6.42 Å². The van der Waals surface area contributed by atoms with E-state index in [1.165, 1.54) is 44.3 Å². The van der Waals surface area contributed by atoms with Crippen LogP contribution in [-0.4, -0.2) is 34.7 Å². The van der Waals surface area contributed by atoms with E-state index in [1.807, 2.05) is 0 Å². The maximum absolute atomic E-state index is 11.8. The van der Waals surface area contributed by atoms with Crippen molar-refractivity contribution in [1.29, 1.82) is 0 Å². The van der Waals surface area contributed by atoms with Crippen LogP contribution in [0.5, 0.6) is 0 Å². The molecule has 0 atom stereocenters. The van der Waals surface area contributed by atoms with Crippen LogP contribution in [0.2, 0.25) is 0 Å². The molecular weight excluding hydrogens is 274 g/mol. The predicted octanol–water partition coefficient (Wildman–Crippen LogP) is 2.10. The van der Waals surface area contributed by atoms with Crippen LogP contribution in [0.3, 0.4) is 0 Å². The average molecular weight is 298 g/mol. The highest BCUT2D eigenvalue weighted by Gasteiger charge is 2.18. The van der Waals surface area contributed by atoms with Gasteiger partial charge in [-0.25, -0.2) is 5.10 Å². The van der Waals surface area contributed by atoms with Gasteiger partial charge in [0.25, 0.3) is 5.56 Å². The van der Waals surface area contributed by atoms with Gasteiger partial charge in [-0.3, -0.25) is 4.79 Å². The van der Waals surface area contributed by atoms with Crippen molar-refractivity contribution in [2.24, 2.45) is 0 Å². The number of fused-ring (bicyclic) bond motifs is 1. The van der Waals surface area contributed by atoms with Crippen molar-refractivity contribution < 1.29 is 0 Å². The Labute approximate surface area is 126 Å². The lowest BCUT2D eigenvalue weighted by Gasteiger charge is -2.26. The predicted molar refractivity (Wildman–Crippen MR) is 82.7 cm³/mol. The van der Waals surface area contributed by atoms with Crippen molar-refractivity contribution in [3.8, 4) is 0 Å². The van der Waals surface area contributed by atoms with Crippen LogP contribution < -0.4 is 5.56 Å². The van der Waals surface area contributed by atoms with Crippen molar-refractivity contribution in [2.75, 3.05) is 19.6 Å². The van der Waals surface area contributed by atoms with Crippen LogP contribution in [0.15, 0.2) is 4.79 Å². The monoisotopic (exact) mass is 297 g/mol. The normalized spacial score (nSPS) is 19.2. The molecule has 1 saturated heterocycles. The Morgan fingerprint density at radius 2 is 1.70 bits per heavy atom. The van der Waals surface area contributed by atoms with E-state index in [1.54, 1.807) is 0 Å². The van der Waals surface area contributed by atoms with E-state index in [2.05, 4.69) is 15.1 Å². The van der Waals surface area contributed by atoms with E-state index in [0.29, 0.717) is 0 Å². The number of nitrogens with one attached hydrogen (secondary N) is 1. The minimum Gasteiger partial charge on any atom is -0.303 e. The first-order chi connectivity index (χ1) is 9.34. The molecule has 0 aromatic carbocycles. The molecule has 2 aliphatic rings. The summed E-state index contributed by atoms with van der Waals surface area (Å²) in [5.74, 6) is 0. The number of halogens is 1. The number of rotatable bonds is 3. The number of H-pyrrole nitrogens is 1. The molecule has 0 amide bonds. The summed E-state index contributed by atoms with van der Waals surface area (Å²) < 4.78 is 0. The molecule has 0 saturated carbocycles. The van der Waals surface area contributed by atoms with Gasteiger partial charge in [0.05, 0.1) is 5.69 Å². The number of piperidine rings is 1. The van der Waals surface area contributed by atoms with Gasteiger partial charge in [0, 0.05) is 18.5 Å². The molecule has 20 heavy (non-hydrogen) atoms. The lowest BCUT2D eigenvalue weighted by molar-refractivity contribution is 0.230. The van der Waals surface area contributed by atoms with Gasteiger partial charge >= 0.3 is 0 Å². The molecule has 0 radical (unpaired) electrons. The lowest BCUT2D eigenvalue weighted by Crippen LogP contribution is -2.32. The van der Waals surface area contributed by atoms with Crippen molar-refractivity contribution in [3.05, 3.63) is 27.2 Å². The topological polar surface area (TPSA) is 49.0 Å². The largest absolute Gasteiger partial charge is 0.303 e. The fourth-order valence-electron chi connectivity index (χ4n) is 3.38. The third kappa shape index (κ3) is 3.41. The van der Waals surface area contributed by atoms with Crippen LogP contribution in [0.1, 0.15) is 48.9 Å². The second-order valence-electron chi connectivity index (χ2n) is 5.82. The van der Waals surface area contributed by atoms with Gasteiger partial charge < -0.3 is 4.90 Å². The zero-order valence-electron chi connectivity index (χ0n) is 12.0. The van der Waals surface area contributed by atoms with Gasteiger partial charge in [-0.2, -0.15) is 5.10 Å². The van der Waals surface area contributed by atoms with Crippen molar-refractivity contribution >= 4 is 12.4 Å². The average Bonchev–Trinajstić information content (AvgIpc) is 2.48. The van der Waals surface area contributed by atoms with Crippen molar-refractivity contribution in [2.45, 2.75) is 51.4 Å². The van der Waals surface area contributed by atoms with E-state index in [4.69, 9.17) is 0 Å². The quantitative estimate of drug-likeness (QED) is 0.929. The molecule has 0 unspecified atom stereocenters. The first-order valence-corrected chi connectivity index (χ1v) is 7.66. The Kier molecular flexibility index (Phi) is 5.61. The van der Waals surface area contributed by atoms with Crippen LogP contribution in [0.4, 0.5) is 0 Å². The SMILES string of the molecule is Cl.O=c1[nH]nc(CCN2CCCCC2)c2c1CCCC2. The molecule has 1 N–H and O–H groups in total. The van der Waals surface area contributed by atoms with Gasteiger partial charge in [-0.05, 0) is 57.2 Å². The molecule has 2 heterocycles. The van der Waals surface area contributed by atoms with E-state index >= 15 is 0 Å². The molecule has 1 aromatic heterocycles. The van der Waals surface area contributed by atoms with Gasteiger partial charge in [0.15, 0.2) is 0 Å². The summed E-state index contributed by atoms with van der Waals surface area (Å²) in [4.78, 5) is 14.3. The second kappa shape index (κ2) is 7.23. The zero-order chi connectivity index (χ0) is 13.1. The number of hydrogen-bond acceptors (Lipinski definition) is 3. The molecule has 1 aromatic rings. The lowest BCUT2D eigenvalue weighted by atomic mass is 9.91. The number of nitrogens with zero attached hydrogens (tertiary/aromatic N) is 2. The minimum absolute atomic E-state index is 0. The molecule has 112 valence electrons. The zero-order valence-corrected chi connectivity index (χ0v) is 12.8. The van der Waals surface area contributed by atoms with E-state index in [9.17, 15) is 4.79 Å². The highest BCUT2D eigenvalue weighted by atomic mass is 35.5. The number of aromatic nitrogens is 2. The van der Waals surface area contributed by atoms with Crippen molar-refractivity contribution in [1.82, 2.24) is 15.1 Å². The molecule has 0 spiro atoms. The first-order valence-electron chi connectivity index (χ1n) is 7.66. The van der Waals surface area contributed by atoms with Crippen LogP contribution in [0, 0.1) is 0 Å². The van der Waals surface area contributed by atoms with E-state index < -0.39 is 0 Å². The molecular formula is C15H24ClN3O. The minimum atomic E-state index is 0. The summed E-state index contributed by atoms with van der Waals surface area (Å²) in [6.45, 7) is 3.54. The summed E-state index contributed by atoms with van der Waals surface area (Å²) in [5, 5.41) is 7.00. The van der Waals surface area contributed by atoms with Crippen LogP contribution in [-0.2, 0) is 19.3 Å². The van der Waals surface area contributed by atoms with E-state index in [0.717, 1.165) is 43.5 Å². The van der Waals surface area contributed by atoms with Crippen molar-refractivity contribution in [3.63, 3.8) is 0 Å². The highest BCUT2D eigenvalue weighted by molar-refractivity contribution is 5.85. The van der Waals surface area contributed by atoms with Gasteiger partial charge in [-0.15, -0.1) is 12.4 Å². The third-order valence-corrected chi connectivity index (χ3v) is 4.50. The molecule has 5 heteroatoms. The first kappa shape index (κ1) is 15.5. The molecule has 0 bridgehead atoms. The third-order valence-electron chi connectivity index (χ3n) is 4.50. The fourth-order valence-corrected chi connectivity index (χ4v) is 3.38. The Bertz CT molecular complexity index is 494. The Morgan fingerprint density at radius 3 is 2.45 bits per heavy atom. The second-order valence-corrected chi connectivity index (χ2v) is 5.82. The Hall–Kier alpha value is -0.870. The van der Waals surface area contributed by atoms with Gasteiger partial charge in [0.1, 0.15) is 0 Å². The standard InChI is InChI=1S/C15H23N3O.ClH/c19-15-13-7-3-2-6-12(13)14(16-17-15)8-11-18-9-4-1-5-10-18;/h1-11H2,(H,17,19);1H. The number of hydrogen-bond donors (Lipinski definition) is 1. The van der Waals surface area contributed by atoms with Crippen LogP contribution in [0.25, 0.3) is 0 Å². The Morgan fingerprint density at radius 1 is 1.00 bits per heavy atom. The highest BCUT2D eigenvalue weighted by Crippen LogP contribution is 2.20. The van der Waals surface area contributed by atoms with Crippen LogP contribution >= 0.6 is 12.4 Å². The van der Waals surface area contributed by atoms with Gasteiger partial charge in [0.2, 0.25) is 0 Å². The summed E-state index contributed by atoms with van der Waals surface area (Å²) in [6.07, 6.45) is 9.35. The van der Waals surface area contributed by atoms with E-state index in [-0.39, 0.29) is 18.0 Å². The maximum atomic E-state index is 11.8.